The van der Waals surface area contributed by atoms with Crippen LogP contribution in [0.15, 0.2) is 0 Å². The van der Waals surface area contributed by atoms with Crippen LogP contribution < -0.4 is 5.32 Å². The first-order valence-corrected chi connectivity index (χ1v) is 7.38. The molecule has 0 aromatic rings. The summed E-state index contributed by atoms with van der Waals surface area (Å²) >= 11 is 0. The molecule has 1 N–H and O–H groups in total. The Labute approximate surface area is 115 Å². The van der Waals surface area contributed by atoms with Gasteiger partial charge in [0, 0.05) is 6.54 Å². The number of nitrogens with one attached hydrogen (secondary N) is 1. The van der Waals surface area contributed by atoms with E-state index in [0.29, 0.717) is 18.4 Å². The van der Waals surface area contributed by atoms with Crippen molar-refractivity contribution < 1.29 is 9.59 Å². The second-order valence-electron chi connectivity index (χ2n) is 6.92. The Morgan fingerprint density at radius 1 is 1.32 bits per heavy atom. The van der Waals surface area contributed by atoms with Crippen LogP contribution in [0.3, 0.4) is 0 Å². The second kappa shape index (κ2) is 4.50. The Hall–Kier alpha value is -1.06. The summed E-state index contributed by atoms with van der Waals surface area (Å²) < 4.78 is 0. The molecule has 2 atom stereocenters. The lowest BCUT2D eigenvalue weighted by molar-refractivity contribution is -0.162. The van der Waals surface area contributed by atoms with Gasteiger partial charge in [-0.3, -0.25) is 9.59 Å². The van der Waals surface area contributed by atoms with Crippen molar-refractivity contribution in [3.05, 3.63) is 0 Å². The molecule has 4 heteroatoms. The van der Waals surface area contributed by atoms with Crippen molar-refractivity contribution >= 4 is 11.8 Å². The fraction of sp³-hybridized carbons (Fsp3) is 0.867. The highest BCUT2D eigenvalue weighted by atomic mass is 16.2. The summed E-state index contributed by atoms with van der Waals surface area (Å²) in [6.07, 6.45) is 3.10. The van der Waals surface area contributed by atoms with Gasteiger partial charge in [-0.1, -0.05) is 20.3 Å². The molecule has 19 heavy (non-hydrogen) atoms. The van der Waals surface area contributed by atoms with Crippen molar-refractivity contribution in [3.8, 4) is 0 Å². The minimum atomic E-state index is -0.741. The van der Waals surface area contributed by atoms with Crippen molar-refractivity contribution in [2.24, 2.45) is 11.8 Å². The van der Waals surface area contributed by atoms with E-state index in [1.54, 1.807) is 4.90 Å². The Morgan fingerprint density at radius 2 is 1.89 bits per heavy atom. The molecule has 0 aromatic heterocycles. The molecule has 1 saturated carbocycles. The topological polar surface area (TPSA) is 49.4 Å². The molecule has 0 bridgehead atoms. The predicted octanol–water partition coefficient (Wildman–Crippen LogP) is 1.94. The Balaban J connectivity index is 2.29. The molecule has 2 amide bonds. The van der Waals surface area contributed by atoms with Crippen LogP contribution in [0.4, 0.5) is 0 Å². The molecular weight excluding hydrogens is 240 g/mol. The molecule has 1 heterocycles. The third-order valence-corrected chi connectivity index (χ3v) is 4.88. The standard InChI is InChI=1S/C15H26N2O2/c1-6-10(2)9-17-13(19)15(5,11-7-8-11)16-12(18)14(17,3)4/h10-11H,6-9H2,1-5H3,(H,16,18). The molecule has 1 saturated heterocycles. The molecule has 2 unspecified atom stereocenters. The van der Waals surface area contributed by atoms with Gasteiger partial charge >= 0.3 is 0 Å². The van der Waals surface area contributed by atoms with Gasteiger partial charge in [-0.25, -0.2) is 0 Å². The van der Waals surface area contributed by atoms with Gasteiger partial charge in [0.1, 0.15) is 11.1 Å². The van der Waals surface area contributed by atoms with Gasteiger partial charge in [-0.15, -0.1) is 0 Å². The van der Waals surface area contributed by atoms with Crippen LogP contribution in [0.1, 0.15) is 53.9 Å². The minimum absolute atomic E-state index is 0.0233. The maximum Gasteiger partial charge on any atom is 0.249 e. The number of rotatable bonds is 4. The van der Waals surface area contributed by atoms with Crippen molar-refractivity contribution in [1.29, 1.82) is 0 Å². The lowest BCUT2D eigenvalue weighted by Crippen LogP contribution is -2.74. The van der Waals surface area contributed by atoms with Gasteiger partial charge in [-0.2, -0.15) is 0 Å². The molecule has 2 rings (SSSR count). The highest BCUT2D eigenvalue weighted by Crippen LogP contribution is 2.43. The Kier molecular flexibility index (Phi) is 3.40. The third-order valence-electron chi connectivity index (χ3n) is 4.88. The molecule has 4 nitrogen and oxygen atoms in total. The molecule has 0 aromatic carbocycles. The van der Waals surface area contributed by atoms with Crippen molar-refractivity contribution in [2.75, 3.05) is 6.54 Å². The van der Waals surface area contributed by atoms with E-state index in [9.17, 15) is 9.59 Å². The smallest absolute Gasteiger partial charge is 0.249 e. The van der Waals surface area contributed by atoms with Crippen LogP contribution in [-0.2, 0) is 9.59 Å². The molecule has 2 fully saturated rings. The van der Waals surface area contributed by atoms with Crippen molar-refractivity contribution in [1.82, 2.24) is 10.2 Å². The van der Waals surface area contributed by atoms with Crippen molar-refractivity contribution in [2.45, 2.75) is 65.0 Å². The van der Waals surface area contributed by atoms with Gasteiger partial charge < -0.3 is 10.2 Å². The number of carbonyl (C=O) groups is 2. The van der Waals surface area contributed by atoms with E-state index < -0.39 is 11.1 Å². The largest absolute Gasteiger partial charge is 0.340 e. The lowest BCUT2D eigenvalue weighted by Gasteiger charge is -2.49. The van der Waals surface area contributed by atoms with Crippen LogP contribution in [-0.4, -0.2) is 34.3 Å². The number of hydrogen-bond donors (Lipinski definition) is 1. The average Bonchev–Trinajstić information content (AvgIpc) is 3.17. The van der Waals surface area contributed by atoms with Crippen LogP contribution in [0.25, 0.3) is 0 Å². The summed E-state index contributed by atoms with van der Waals surface area (Å²) in [6.45, 7) is 10.5. The van der Waals surface area contributed by atoms with Gasteiger partial charge in [0.25, 0.3) is 0 Å². The SMILES string of the molecule is CCC(C)CN1C(=O)C(C)(C2CC2)NC(=O)C1(C)C. The number of hydrogen-bond acceptors (Lipinski definition) is 2. The first kappa shape index (κ1) is 14.4. The normalized spacial score (nSPS) is 32.2. The summed E-state index contributed by atoms with van der Waals surface area (Å²) in [4.78, 5) is 27.0. The van der Waals surface area contributed by atoms with Gasteiger partial charge in [-0.05, 0) is 45.4 Å². The van der Waals surface area contributed by atoms with E-state index in [2.05, 4.69) is 19.2 Å². The van der Waals surface area contributed by atoms with E-state index in [-0.39, 0.29) is 11.8 Å². The predicted molar refractivity (Wildman–Crippen MR) is 74.5 cm³/mol. The zero-order chi connectivity index (χ0) is 14.4. The lowest BCUT2D eigenvalue weighted by atomic mass is 9.84. The molecule has 1 aliphatic carbocycles. The first-order chi connectivity index (χ1) is 8.73. The molecule has 2 aliphatic rings. The highest BCUT2D eigenvalue weighted by Gasteiger charge is 2.57. The van der Waals surface area contributed by atoms with Gasteiger partial charge in [0.15, 0.2) is 0 Å². The zero-order valence-corrected chi connectivity index (χ0v) is 12.7. The maximum atomic E-state index is 12.9. The summed E-state index contributed by atoms with van der Waals surface area (Å²) in [6, 6.07) is 0. The first-order valence-electron chi connectivity index (χ1n) is 7.38. The number of amides is 2. The van der Waals surface area contributed by atoms with Crippen LogP contribution in [0.5, 0.6) is 0 Å². The third kappa shape index (κ3) is 2.26. The van der Waals surface area contributed by atoms with E-state index in [1.165, 1.54) is 0 Å². The quantitative estimate of drug-likeness (QED) is 0.845. The summed E-state index contributed by atoms with van der Waals surface area (Å²) in [7, 11) is 0. The zero-order valence-electron chi connectivity index (χ0n) is 12.7. The fourth-order valence-electron chi connectivity index (χ4n) is 2.79. The average molecular weight is 266 g/mol. The maximum absolute atomic E-state index is 12.9. The van der Waals surface area contributed by atoms with Crippen LogP contribution in [0, 0.1) is 11.8 Å². The Morgan fingerprint density at radius 3 is 2.37 bits per heavy atom. The molecular formula is C15H26N2O2. The summed E-state index contributed by atoms with van der Waals surface area (Å²) in [5.41, 5.74) is -1.42. The molecule has 1 aliphatic heterocycles. The number of nitrogens with zero attached hydrogens (tertiary/aromatic N) is 1. The molecule has 0 spiro atoms. The summed E-state index contributed by atoms with van der Waals surface area (Å²) in [5, 5.41) is 2.99. The monoisotopic (exact) mass is 266 g/mol. The minimum Gasteiger partial charge on any atom is -0.340 e. The molecule has 0 radical (unpaired) electrons. The van der Waals surface area contributed by atoms with E-state index in [0.717, 1.165) is 19.3 Å². The fourth-order valence-corrected chi connectivity index (χ4v) is 2.79. The Bertz CT molecular complexity index is 401. The van der Waals surface area contributed by atoms with Crippen LogP contribution in [0.2, 0.25) is 0 Å². The second-order valence-corrected chi connectivity index (χ2v) is 6.92. The number of carbonyl (C=O) groups excluding carboxylic acids is 2. The molecule has 108 valence electrons. The van der Waals surface area contributed by atoms with E-state index >= 15 is 0 Å². The van der Waals surface area contributed by atoms with Gasteiger partial charge in [0.2, 0.25) is 11.8 Å². The van der Waals surface area contributed by atoms with Gasteiger partial charge in [0.05, 0.1) is 0 Å². The van der Waals surface area contributed by atoms with Crippen LogP contribution >= 0.6 is 0 Å². The van der Waals surface area contributed by atoms with E-state index in [4.69, 9.17) is 0 Å². The van der Waals surface area contributed by atoms with E-state index in [1.807, 2.05) is 20.8 Å². The number of piperazine rings is 1. The van der Waals surface area contributed by atoms with Crippen molar-refractivity contribution in [3.63, 3.8) is 0 Å². The summed E-state index contributed by atoms with van der Waals surface area (Å²) in [5.74, 6) is 0.807. The highest BCUT2D eigenvalue weighted by molar-refractivity contribution is 6.02.